The van der Waals surface area contributed by atoms with E-state index in [9.17, 15) is 4.79 Å². The van der Waals surface area contributed by atoms with E-state index in [1.165, 1.54) is 5.56 Å². The van der Waals surface area contributed by atoms with E-state index >= 15 is 0 Å². The summed E-state index contributed by atoms with van der Waals surface area (Å²) in [4.78, 5) is 17.3. The Morgan fingerprint density at radius 1 is 1.13 bits per heavy atom. The van der Waals surface area contributed by atoms with Crippen molar-refractivity contribution < 1.29 is 9.53 Å². The van der Waals surface area contributed by atoms with Gasteiger partial charge in [0.05, 0.1) is 12.8 Å². The molecule has 2 aromatic carbocycles. The Hall–Kier alpha value is -3.61. The quantitative estimate of drug-likeness (QED) is 0.449. The predicted octanol–water partition coefficient (Wildman–Crippen LogP) is 3.97. The van der Waals surface area contributed by atoms with Crippen LogP contribution in [0.3, 0.4) is 0 Å². The van der Waals surface area contributed by atoms with Crippen molar-refractivity contribution in [3.05, 3.63) is 77.1 Å². The van der Waals surface area contributed by atoms with Gasteiger partial charge in [0.1, 0.15) is 5.75 Å². The van der Waals surface area contributed by atoms with Gasteiger partial charge in [0.2, 0.25) is 5.96 Å². The summed E-state index contributed by atoms with van der Waals surface area (Å²) in [6, 6.07) is 16.6. The molecule has 0 radical (unpaired) electrons. The van der Waals surface area contributed by atoms with E-state index in [2.05, 4.69) is 34.6 Å². The van der Waals surface area contributed by atoms with Gasteiger partial charge in [0.25, 0.3) is 5.91 Å². The smallest absolute Gasteiger partial charge is 0.257 e. The number of anilines is 1. The summed E-state index contributed by atoms with van der Waals surface area (Å²) in [6.45, 7) is 7.53. The molecule has 7 nitrogen and oxygen atoms in total. The lowest BCUT2D eigenvalue weighted by molar-refractivity contribution is 0.0977. The Balaban J connectivity index is 1.78. The number of methoxy groups -OCH3 is 1. The molecule has 0 aliphatic heterocycles. The van der Waals surface area contributed by atoms with Crippen molar-refractivity contribution in [1.29, 1.82) is 0 Å². The van der Waals surface area contributed by atoms with E-state index in [0.29, 0.717) is 18.1 Å². The van der Waals surface area contributed by atoms with Crippen LogP contribution < -0.4 is 15.4 Å². The minimum absolute atomic E-state index is 0.221. The van der Waals surface area contributed by atoms with E-state index in [0.717, 1.165) is 35.8 Å². The molecule has 31 heavy (non-hydrogen) atoms. The van der Waals surface area contributed by atoms with Gasteiger partial charge in [-0.15, -0.1) is 0 Å². The lowest BCUT2D eigenvalue weighted by Gasteiger charge is -2.13. The fourth-order valence-electron chi connectivity index (χ4n) is 3.40. The van der Waals surface area contributed by atoms with Gasteiger partial charge >= 0.3 is 0 Å². The number of aryl methyl sites for hydroxylation is 2. The maximum Gasteiger partial charge on any atom is 0.257 e. The van der Waals surface area contributed by atoms with Crippen LogP contribution in [-0.4, -0.2) is 35.3 Å². The normalized spacial score (nSPS) is 11.3. The van der Waals surface area contributed by atoms with Crippen LogP contribution in [0, 0.1) is 13.8 Å². The number of nitrogens with zero attached hydrogens (tertiary/aromatic N) is 3. The molecule has 1 heterocycles. The number of rotatable bonds is 7. The average Bonchev–Trinajstić information content (AvgIpc) is 3.07. The van der Waals surface area contributed by atoms with E-state index < -0.39 is 0 Å². The lowest BCUT2D eigenvalue weighted by atomic mass is 10.1. The molecule has 0 aliphatic rings. The van der Waals surface area contributed by atoms with Crippen LogP contribution in [0.1, 0.15) is 34.2 Å². The summed E-state index contributed by atoms with van der Waals surface area (Å²) in [7, 11) is 1.62. The molecule has 7 heteroatoms. The summed E-state index contributed by atoms with van der Waals surface area (Å²) in [5.41, 5.74) is 4.72. The molecule has 3 aromatic rings. The molecule has 0 atom stereocenters. The summed E-state index contributed by atoms with van der Waals surface area (Å²) in [5, 5.41) is 10.7. The van der Waals surface area contributed by atoms with Crippen molar-refractivity contribution in [3.63, 3.8) is 0 Å². The van der Waals surface area contributed by atoms with Crippen molar-refractivity contribution in [2.45, 2.75) is 33.7 Å². The van der Waals surface area contributed by atoms with Crippen molar-refractivity contribution in [2.75, 3.05) is 19.0 Å². The minimum atomic E-state index is -0.221. The predicted molar refractivity (Wildman–Crippen MR) is 124 cm³/mol. The number of aliphatic imine (C=N–C) groups is 1. The third-order valence-electron chi connectivity index (χ3n) is 5.06. The van der Waals surface area contributed by atoms with Crippen LogP contribution >= 0.6 is 0 Å². The van der Waals surface area contributed by atoms with E-state index in [4.69, 9.17) is 4.74 Å². The van der Waals surface area contributed by atoms with Gasteiger partial charge in [-0.1, -0.05) is 24.3 Å². The number of amides is 1. The number of hydrogen-bond acceptors (Lipinski definition) is 4. The monoisotopic (exact) mass is 419 g/mol. The molecule has 0 saturated heterocycles. The Bertz CT molecular complexity index is 1060. The highest BCUT2D eigenvalue weighted by Crippen LogP contribution is 2.17. The Kier molecular flexibility index (Phi) is 7.43. The summed E-state index contributed by atoms with van der Waals surface area (Å²) in [6.07, 6.45) is 0.738. The minimum Gasteiger partial charge on any atom is -0.497 e. The Morgan fingerprint density at radius 2 is 1.90 bits per heavy atom. The number of guanidine groups is 1. The van der Waals surface area contributed by atoms with Crippen molar-refractivity contribution in [2.24, 2.45) is 4.99 Å². The molecular weight excluding hydrogens is 390 g/mol. The zero-order valence-corrected chi connectivity index (χ0v) is 18.5. The number of hydrogen-bond donors (Lipinski definition) is 2. The Labute approximate surface area is 183 Å². The fraction of sp³-hybridized carbons (Fsp3) is 0.292. The van der Waals surface area contributed by atoms with Crippen LogP contribution in [0.2, 0.25) is 0 Å². The standard InChI is InChI=1S/C24H29N5O2/c1-5-29-18(3)22(17(2)28-29)14-15-25-24(26-20-12-9-13-21(16-20)31-4)27-23(30)19-10-7-6-8-11-19/h6-13,16H,5,14-15H2,1-4H3,(H2,25,26,27,30). The molecule has 3 rings (SSSR count). The van der Waals surface area contributed by atoms with Gasteiger partial charge in [0, 0.05) is 36.1 Å². The van der Waals surface area contributed by atoms with Crippen molar-refractivity contribution >= 4 is 17.6 Å². The number of carbonyl (C=O) groups is 1. The highest BCUT2D eigenvalue weighted by molar-refractivity contribution is 6.09. The van der Waals surface area contributed by atoms with Crippen molar-refractivity contribution in [1.82, 2.24) is 15.1 Å². The highest BCUT2D eigenvalue weighted by atomic mass is 16.5. The SMILES string of the molecule is CCn1nc(C)c(CCN=C(NC(=O)c2ccccc2)Nc2cccc(OC)c2)c1C. The molecule has 1 amide bonds. The van der Waals surface area contributed by atoms with Gasteiger partial charge in [-0.2, -0.15) is 5.10 Å². The average molecular weight is 420 g/mol. The van der Waals surface area contributed by atoms with Gasteiger partial charge in [0.15, 0.2) is 0 Å². The van der Waals surface area contributed by atoms with Gasteiger partial charge in [-0.05, 0) is 57.0 Å². The second-order valence-corrected chi connectivity index (χ2v) is 7.12. The van der Waals surface area contributed by atoms with Gasteiger partial charge < -0.3 is 10.1 Å². The molecule has 1 aromatic heterocycles. The first-order valence-electron chi connectivity index (χ1n) is 10.4. The van der Waals surface area contributed by atoms with Gasteiger partial charge in [-0.3, -0.25) is 19.8 Å². The molecule has 0 unspecified atom stereocenters. The Morgan fingerprint density at radius 3 is 2.58 bits per heavy atom. The first-order chi connectivity index (χ1) is 15.0. The summed E-state index contributed by atoms with van der Waals surface area (Å²) < 4.78 is 7.29. The highest BCUT2D eigenvalue weighted by Gasteiger charge is 2.12. The molecule has 0 fully saturated rings. The summed E-state index contributed by atoms with van der Waals surface area (Å²) >= 11 is 0. The van der Waals surface area contributed by atoms with E-state index in [-0.39, 0.29) is 5.91 Å². The number of ether oxygens (including phenoxy) is 1. The van der Waals surface area contributed by atoms with Crippen molar-refractivity contribution in [3.8, 4) is 5.75 Å². The fourth-order valence-corrected chi connectivity index (χ4v) is 3.40. The van der Waals surface area contributed by atoms with Crippen LogP contribution in [0.25, 0.3) is 0 Å². The maximum absolute atomic E-state index is 12.7. The number of aromatic nitrogens is 2. The van der Waals surface area contributed by atoms with Crippen LogP contribution in [0.4, 0.5) is 5.69 Å². The van der Waals surface area contributed by atoms with E-state index in [1.807, 2.05) is 54.1 Å². The zero-order chi connectivity index (χ0) is 22.2. The van der Waals surface area contributed by atoms with Crippen LogP contribution in [0.15, 0.2) is 59.6 Å². The number of nitrogens with one attached hydrogen (secondary N) is 2. The second kappa shape index (κ2) is 10.4. The molecule has 0 saturated carbocycles. The van der Waals surface area contributed by atoms with Crippen LogP contribution in [0.5, 0.6) is 5.75 Å². The maximum atomic E-state index is 12.7. The molecule has 0 aliphatic carbocycles. The molecule has 2 N–H and O–H groups in total. The largest absolute Gasteiger partial charge is 0.497 e. The molecular formula is C24H29N5O2. The molecule has 0 bridgehead atoms. The zero-order valence-electron chi connectivity index (χ0n) is 18.5. The topological polar surface area (TPSA) is 80.5 Å². The summed E-state index contributed by atoms with van der Waals surface area (Å²) in [5.74, 6) is 0.887. The van der Waals surface area contributed by atoms with E-state index in [1.54, 1.807) is 19.2 Å². The first-order valence-corrected chi connectivity index (χ1v) is 10.4. The lowest BCUT2D eigenvalue weighted by Crippen LogP contribution is -2.36. The van der Waals surface area contributed by atoms with Crippen LogP contribution in [-0.2, 0) is 13.0 Å². The number of carbonyl (C=O) groups excluding carboxylic acids is 1. The molecule has 0 spiro atoms. The second-order valence-electron chi connectivity index (χ2n) is 7.12. The number of benzene rings is 2. The third-order valence-corrected chi connectivity index (χ3v) is 5.06. The molecule has 162 valence electrons. The van der Waals surface area contributed by atoms with Gasteiger partial charge in [-0.25, -0.2) is 0 Å². The first kappa shape index (κ1) is 22.1. The third kappa shape index (κ3) is 5.72.